The second-order valence-corrected chi connectivity index (χ2v) is 13.5. The average Bonchev–Trinajstić information content (AvgIpc) is 3.07. The van der Waals surface area contributed by atoms with Gasteiger partial charge in [-0.25, -0.2) is 0 Å². The van der Waals surface area contributed by atoms with Crippen molar-refractivity contribution in [1.82, 2.24) is 0 Å². The Hall–Kier alpha value is -0.640. The van der Waals surface area contributed by atoms with Crippen LogP contribution >= 0.6 is 0 Å². The van der Waals surface area contributed by atoms with Crippen LogP contribution in [0.15, 0.2) is 24.3 Å². The molecule has 0 bridgehead atoms. The highest BCUT2D eigenvalue weighted by Crippen LogP contribution is 2.68. The number of rotatable bonds is 5. The van der Waals surface area contributed by atoms with Crippen LogP contribution in [0.25, 0.3) is 0 Å². The fourth-order valence-corrected chi connectivity index (χ4v) is 9.61. The molecule has 0 heterocycles. The summed E-state index contributed by atoms with van der Waals surface area (Å²) >= 11 is 0. The highest BCUT2D eigenvalue weighted by Gasteiger charge is 2.63. The van der Waals surface area contributed by atoms with E-state index in [2.05, 4.69) is 60.3 Å². The van der Waals surface area contributed by atoms with Crippen molar-refractivity contribution in [2.75, 3.05) is 0 Å². The normalized spacial score (nSPS) is 49.4. The van der Waals surface area contributed by atoms with Crippen LogP contribution in [-0.2, 0) is 0 Å². The lowest BCUT2D eigenvalue weighted by Gasteiger charge is -2.62. The van der Waals surface area contributed by atoms with E-state index in [0.29, 0.717) is 59.7 Å². The molecule has 0 radical (unpaired) electrons. The van der Waals surface area contributed by atoms with Gasteiger partial charge in [0.15, 0.2) is 0 Å². The molecule has 188 valence electrons. The van der Waals surface area contributed by atoms with Gasteiger partial charge in [-0.05, 0) is 110 Å². The lowest BCUT2D eigenvalue weighted by atomic mass is 9.43. The molecule has 33 heavy (non-hydrogen) atoms. The monoisotopic (exact) mass is 458 g/mol. The van der Waals surface area contributed by atoms with E-state index in [4.69, 9.17) is 0 Å². The molecule has 3 heteroatoms. The van der Waals surface area contributed by atoms with E-state index in [1.165, 1.54) is 31.3 Å². The van der Waals surface area contributed by atoms with Gasteiger partial charge in [0.2, 0.25) is 0 Å². The van der Waals surface area contributed by atoms with E-state index in [1.807, 2.05) is 0 Å². The van der Waals surface area contributed by atoms with Crippen LogP contribution in [0.4, 0.5) is 0 Å². The highest BCUT2D eigenvalue weighted by atomic mass is 16.3. The lowest BCUT2D eigenvalue weighted by molar-refractivity contribution is -0.195. The zero-order chi connectivity index (χ0) is 24.3. The second-order valence-electron chi connectivity index (χ2n) is 13.5. The van der Waals surface area contributed by atoms with Crippen LogP contribution in [0.3, 0.4) is 0 Å². The zero-order valence-corrected chi connectivity index (χ0v) is 22.0. The summed E-state index contributed by atoms with van der Waals surface area (Å²) in [5.74, 6) is 4.17. The molecule has 12 atom stereocenters. The molecular formula is C30H50O3. The number of fused-ring (bicyclic) bond motifs is 5. The molecule has 3 N–H and O–H groups in total. The predicted molar refractivity (Wildman–Crippen MR) is 135 cm³/mol. The number of hydrogen-bond acceptors (Lipinski definition) is 3. The molecule has 0 aromatic rings. The summed E-state index contributed by atoms with van der Waals surface area (Å²) in [6.45, 7) is 18.2. The van der Waals surface area contributed by atoms with Crippen LogP contribution in [-0.4, -0.2) is 33.6 Å². The highest BCUT2D eigenvalue weighted by molar-refractivity contribution is 5.14. The van der Waals surface area contributed by atoms with E-state index >= 15 is 0 Å². The summed E-state index contributed by atoms with van der Waals surface area (Å²) in [5, 5.41) is 32.1. The molecule has 4 saturated carbocycles. The second kappa shape index (κ2) is 9.10. The minimum Gasteiger partial charge on any atom is -0.393 e. The summed E-state index contributed by atoms with van der Waals surface area (Å²) in [4.78, 5) is 0. The average molecular weight is 459 g/mol. The van der Waals surface area contributed by atoms with Crippen LogP contribution < -0.4 is 0 Å². The summed E-state index contributed by atoms with van der Waals surface area (Å²) in [5.41, 5.74) is 1.53. The maximum atomic E-state index is 11.2. The molecule has 3 nitrogen and oxygen atoms in total. The van der Waals surface area contributed by atoms with E-state index in [0.717, 1.165) is 6.42 Å². The number of hydrogen-bond donors (Lipinski definition) is 3. The standard InChI is InChI=1S/C30H50O3/c1-17(2)20(18(3)4)9-8-19(5)22-10-11-23-21-14-26(31)25-15-27(32)28(33)16-30(25,7)24(21)12-13-29(22,23)6/h8-9,18-28,31-33H,1,10-16H2,2-7H3/b9-8-/t19-,20?,21+,22-,23+,24+,25-,26+,27+,28+,29-,30-/m1/s1. The van der Waals surface area contributed by atoms with E-state index in [1.54, 1.807) is 0 Å². The van der Waals surface area contributed by atoms with Gasteiger partial charge in [0.25, 0.3) is 0 Å². The van der Waals surface area contributed by atoms with E-state index in [9.17, 15) is 15.3 Å². The summed E-state index contributed by atoms with van der Waals surface area (Å²) in [6.07, 6.45) is 10.3. The van der Waals surface area contributed by atoms with Crippen molar-refractivity contribution in [3.63, 3.8) is 0 Å². The Morgan fingerprint density at radius 3 is 2.15 bits per heavy atom. The first-order valence-electron chi connectivity index (χ1n) is 13.8. The van der Waals surface area contributed by atoms with Crippen LogP contribution in [0.1, 0.15) is 86.5 Å². The Morgan fingerprint density at radius 1 is 0.848 bits per heavy atom. The molecule has 0 aliphatic heterocycles. The minimum absolute atomic E-state index is 0.0577. The Morgan fingerprint density at radius 2 is 1.52 bits per heavy atom. The molecule has 4 aliphatic carbocycles. The van der Waals surface area contributed by atoms with Gasteiger partial charge in [-0.3, -0.25) is 0 Å². The van der Waals surface area contributed by atoms with Crippen molar-refractivity contribution in [3.05, 3.63) is 24.3 Å². The molecule has 0 amide bonds. The molecule has 4 fully saturated rings. The Kier molecular flexibility index (Phi) is 7.02. The topological polar surface area (TPSA) is 60.7 Å². The Balaban J connectivity index is 1.54. The van der Waals surface area contributed by atoms with Gasteiger partial charge in [-0.2, -0.15) is 0 Å². The maximum absolute atomic E-state index is 11.2. The summed E-state index contributed by atoms with van der Waals surface area (Å²) in [6, 6.07) is 0. The van der Waals surface area contributed by atoms with Gasteiger partial charge < -0.3 is 15.3 Å². The quantitative estimate of drug-likeness (QED) is 0.444. The molecule has 0 aromatic carbocycles. The molecule has 4 aliphatic rings. The van der Waals surface area contributed by atoms with E-state index < -0.39 is 12.2 Å². The van der Waals surface area contributed by atoms with Gasteiger partial charge in [0, 0.05) is 0 Å². The van der Waals surface area contributed by atoms with Crippen molar-refractivity contribution < 1.29 is 15.3 Å². The zero-order valence-electron chi connectivity index (χ0n) is 22.0. The predicted octanol–water partition coefficient (Wildman–Crippen LogP) is 5.99. The van der Waals surface area contributed by atoms with Crippen molar-refractivity contribution in [1.29, 1.82) is 0 Å². The van der Waals surface area contributed by atoms with Crippen LogP contribution in [0.2, 0.25) is 0 Å². The Bertz CT molecular complexity index is 758. The SMILES string of the molecule is C=C(C)C(/C=C\[C@@H](C)[C@H]1CC[C@H]2[C@@H]3C[C@H](O)[C@H]4C[C@H](O)[C@@H](O)C[C@]4(C)[C@H]3CC[C@]12C)C(C)C. The minimum atomic E-state index is -0.680. The smallest absolute Gasteiger partial charge is 0.0804 e. The Labute approximate surface area is 202 Å². The van der Waals surface area contributed by atoms with Gasteiger partial charge >= 0.3 is 0 Å². The van der Waals surface area contributed by atoms with Gasteiger partial charge in [-0.1, -0.05) is 58.9 Å². The third-order valence-corrected chi connectivity index (χ3v) is 11.3. The lowest BCUT2D eigenvalue weighted by Crippen LogP contribution is -2.60. The number of allylic oxidation sites excluding steroid dienone is 3. The van der Waals surface area contributed by atoms with Crippen LogP contribution in [0.5, 0.6) is 0 Å². The third kappa shape index (κ3) is 4.19. The first-order valence-corrected chi connectivity index (χ1v) is 13.8. The summed E-state index contributed by atoms with van der Waals surface area (Å²) < 4.78 is 0. The van der Waals surface area contributed by atoms with Crippen LogP contribution in [0, 0.1) is 58.2 Å². The van der Waals surface area contributed by atoms with Gasteiger partial charge in [0.1, 0.15) is 0 Å². The van der Waals surface area contributed by atoms with Crippen molar-refractivity contribution in [2.24, 2.45) is 58.2 Å². The fraction of sp³-hybridized carbons (Fsp3) is 0.867. The first-order chi connectivity index (χ1) is 15.4. The molecule has 0 aromatic heterocycles. The first kappa shape index (κ1) is 25.5. The fourth-order valence-electron chi connectivity index (χ4n) is 9.61. The van der Waals surface area contributed by atoms with E-state index in [-0.39, 0.29) is 17.4 Å². The molecule has 1 unspecified atom stereocenters. The van der Waals surface area contributed by atoms with Crippen molar-refractivity contribution >= 4 is 0 Å². The molecule has 0 saturated heterocycles. The number of aliphatic hydroxyl groups is 3. The van der Waals surface area contributed by atoms with Crippen molar-refractivity contribution in [3.8, 4) is 0 Å². The number of aliphatic hydroxyl groups excluding tert-OH is 3. The summed E-state index contributed by atoms with van der Waals surface area (Å²) in [7, 11) is 0. The largest absolute Gasteiger partial charge is 0.393 e. The molecular weight excluding hydrogens is 408 g/mol. The third-order valence-electron chi connectivity index (χ3n) is 11.3. The van der Waals surface area contributed by atoms with Gasteiger partial charge in [-0.15, -0.1) is 0 Å². The van der Waals surface area contributed by atoms with Gasteiger partial charge in [0.05, 0.1) is 18.3 Å². The maximum Gasteiger partial charge on any atom is 0.0804 e. The molecule has 4 rings (SSSR count). The molecule has 0 spiro atoms. The van der Waals surface area contributed by atoms with Crippen molar-refractivity contribution in [2.45, 2.75) is 105 Å².